The molecule has 0 unspecified atom stereocenters. The van der Waals surface area contributed by atoms with E-state index in [1.54, 1.807) is 12.1 Å². The first-order valence-electron chi connectivity index (χ1n) is 10.1. The number of anilines is 1. The normalized spacial score (nSPS) is 13.3. The van der Waals surface area contributed by atoms with E-state index in [1.165, 1.54) is 28.6 Å². The van der Waals surface area contributed by atoms with Gasteiger partial charge in [-0.05, 0) is 66.9 Å². The molecule has 0 spiro atoms. The average Bonchev–Trinajstić information content (AvgIpc) is 2.82. The number of para-hydroxylation sites is 1. The Morgan fingerprint density at radius 2 is 1.76 bits per heavy atom. The SMILES string of the molecule is O=C(COC(=O)c1cc(S(=O)(=O)N2CCCc3ccccc32)ccc1Cl)c1ccc(F)cc1. The highest BCUT2D eigenvalue weighted by atomic mass is 35.5. The molecule has 1 heterocycles. The largest absolute Gasteiger partial charge is 0.454 e. The van der Waals surface area contributed by atoms with Crippen molar-refractivity contribution in [1.82, 2.24) is 0 Å². The van der Waals surface area contributed by atoms with Crippen molar-refractivity contribution < 1.29 is 27.1 Å². The minimum Gasteiger partial charge on any atom is -0.454 e. The van der Waals surface area contributed by atoms with Crippen LogP contribution < -0.4 is 4.31 Å². The molecule has 0 aliphatic carbocycles. The molecular weight excluding hydrogens is 469 g/mol. The van der Waals surface area contributed by atoms with E-state index in [1.807, 2.05) is 12.1 Å². The molecule has 1 aliphatic rings. The van der Waals surface area contributed by atoms with Crippen LogP contribution in [0, 0.1) is 5.82 Å². The second-order valence-electron chi connectivity index (χ2n) is 7.46. The highest BCUT2D eigenvalue weighted by molar-refractivity contribution is 7.92. The number of benzene rings is 3. The average molecular weight is 488 g/mol. The standard InChI is InChI=1S/C24H19ClFNO5S/c25-21-12-11-19(33(30,31)27-13-3-5-16-4-1-2-6-22(16)27)14-20(21)24(29)32-15-23(28)17-7-9-18(26)10-8-17/h1-2,4,6-12,14H,3,5,13,15H2. The van der Waals surface area contributed by atoms with Crippen LogP contribution in [-0.2, 0) is 21.2 Å². The lowest BCUT2D eigenvalue weighted by molar-refractivity contribution is 0.0474. The van der Waals surface area contributed by atoms with Gasteiger partial charge in [0.15, 0.2) is 12.4 Å². The Morgan fingerprint density at radius 1 is 1.03 bits per heavy atom. The Bertz CT molecular complexity index is 1320. The fraction of sp³-hybridized carbons (Fsp3) is 0.167. The molecule has 3 aromatic carbocycles. The summed E-state index contributed by atoms with van der Waals surface area (Å²) in [6.45, 7) is -0.287. The first-order chi connectivity index (χ1) is 15.8. The molecule has 1 aliphatic heterocycles. The third-order valence-electron chi connectivity index (χ3n) is 5.31. The number of aryl methyl sites for hydroxylation is 1. The number of carbonyl (C=O) groups excluding carboxylic acids is 2. The van der Waals surface area contributed by atoms with Crippen LogP contribution in [-0.4, -0.2) is 33.3 Å². The van der Waals surface area contributed by atoms with Gasteiger partial charge >= 0.3 is 5.97 Å². The highest BCUT2D eigenvalue weighted by Gasteiger charge is 2.30. The predicted molar refractivity (Wildman–Crippen MR) is 122 cm³/mol. The van der Waals surface area contributed by atoms with Crippen molar-refractivity contribution in [3.05, 3.63) is 94.3 Å². The lowest BCUT2D eigenvalue weighted by Crippen LogP contribution is -2.35. The maximum absolute atomic E-state index is 13.4. The lowest BCUT2D eigenvalue weighted by Gasteiger charge is -2.30. The maximum Gasteiger partial charge on any atom is 0.340 e. The van der Waals surface area contributed by atoms with Gasteiger partial charge in [-0.2, -0.15) is 0 Å². The summed E-state index contributed by atoms with van der Waals surface area (Å²) in [6, 6.07) is 15.9. The lowest BCUT2D eigenvalue weighted by atomic mass is 10.0. The number of fused-ring (bicyclic) bond motifs is 1. The number of ether oxygens (including phenoxy) is 1. The van der Waals surface area contributed by atoms with Crippen LogP contribution in [0.15, 0.2) is 71.6 Å². The van der Waals surface area contributed by atoms with E-state index in [0.717, 1.165) is 30.2 Å². The van der Waals surface area contributed by atoms with Crippen molar-refractivity contribution in [2.24, 2.45) is 0 Å². The van der Waals surface area contributed by atoms with Gasteiger partial charge in [0, 0.05) is 12.1 Å². The van der Waals surface area contributed by atoms with Crippen molar-refractivity contribution in [2.75, 3.05) is 17.5 Å². The van der Waals surface area contributed by atoms with Crippen LogP contribution in [0.25, 0.3) is 0 Å². The molecule has 0 atom stereocenters. The van der Waals surface area contributed by atoms with Crippen LogP contribution in [0.2, 0.25) is 5.02 Å². The summed E-state index contributed by atoms with van der Waals surface area (Å²) in [7, 11) is -3.96. The molecule has 170 valence electrons. The second kappa shape index (κ2) is 9.33. The quantitative estimate of drug-likeness (QED) is 0.373. The van der Waals surface area contributed by atoms with Crippen LogP contribution in [0.1, 0.15) is 32.7 Å². The topological polar surface area (TPSA) is 80.8 Å². The second-order valence-corrected chi connectivity index (χ2v) is 9.73. The Morgan fingerprint density at radius 3 is 2.52 bits per heavy atom. The number of hydrogen-bond donors (Lipinski definition) is 0. The zero-order chi connectivity index (χ0) is 23.6. The number of nitrogens with zero attached hydrogens (tertiary/aromatic N) is 1. The molecule has 0 saturated heterocycles. The number of carbonyl (C=O) groups is 2. The molecule has 4 rings (SSSR count). The number of sulfonamides is 1. The summed E-state index contributed by atoms with van der Waals surface area (Å²) in [6.07, 6.45) is 1.45. The molecule has 0 bridgehead atoms. The monoisotopic (exact) mass is 487 g/mol. The maximum atomic E-state index is 13.4. The van der Waals surface area contributed by atoms with E-state index in [9.17, 15) is 22.4 Å². The fourth-order valence-corrected chi connectivity index (χ4v) is 5.39. The van der Waals surface area contributed by atoms with Crippen molar-refractivity contribution in [2.45, 2.75) is 17.7 Å². The Kier molecular flexibility index (Phi) is 6.49. The van der Waals surface area contributed by atoms with E-state index >= 15 is 0 Å². The number of halogens is 2. The third-order valence-corrected chi connectivity index (χ3v) is 7.45. The molecular formula is C24H19ClFNO5S. The van der Waals surface area contributed by atoms with Crippen molar-refractivity contribution >= 4 is 39.1 Å². The van der Waals surface area contributed by atoms with Gasteiger partial charge in [-0.15, -0.1) is 0 Å². The number of ketones is 1. The van der Waals surface area contributed by atoms with Crippen LogP contribution >= 0.6 is 11.6 Å². The van der Waals surface area contributed by atoms with Gasteiger partial charge in [-0.25, -0.2) is 17.6 Å². The molecule has 0 amide bonds. The van der Waals surface area contributed by atoms with Gasteiger partial charge in [0.2, 0.25) is 0 Å². The summed E-state index contributed by atoms with van der Waals surface area (Å²) in [5.74, 6) is -1.97. The Balaban J connectivity index is 1.56. The van der Waals surface area contributed by atoms with Crippen LogP contribution in [0.3, 0.4) is 0 Å². The van der Waals surface area contributed by atoms with E-state index in [2.05, 4.69) is 0 Å². The Hall–Kier alpha value is -3.23. The molecule has 0 N–H and O–H groups in total. The number of Topliss-reactive ketones (excluding diaryl/α,β-unsaturated/α-hetero) is 1. The van der Waals surface area contributed by atoms with Crippen LogP contribution in [0.5, 0.6) is 0 Å². The van der Waals surface area contributed by atoms with E-state index in [0.29, 0.717) is 18.7 Å². The minimum atomic E-state index is -3.96. The van der Waals surface area contributed by atoms with Crippen molar-refractivity contribution in [3.8, 4) is 0 Å². The minimum absolute atomic E-state index is 0.00720. The smallest absolute Gasteiger partial charge is 0.340 e. The molecule has 9 heteroatoms. The van der Waals surface area contributed by atoms with Crippen molar-refractivity contribution in [1.29, 1.82) is 0 Å². The summed E-state index contributed by atoms with van der Waals surface area (Å²) in [4.78, 5) is 24.7. The third kappa shape index (κ3) is 4.77. The zero-order valence-electron chi connectivity index (χ0n) is 17.3. The number of esters is 1. The van der Waals surface area contributed by atoms with E-state index < -0.39 is 34.2 Å². The first kappa shape index (κ1) is 22.9. The van der Waals surface area contributed by atoms with Crippen LogP contribution in [0.4, 0.5) is 10.1 Å². The Labute approximate surface area is 195 Å². The number of rotatable bonds is 6. The highest BCUT2D eigenvalue weighted by Crippen LogP contribution is 2.33. The molecule has 0 fully saturated rings. The van der Waals surface area contributed by atoms with Crippen molar-refractivity contribution in [3.63, 3.8) is 0 Å². The molecule has 3 aromatic rings. The van der Waals surface area contributed by atoms with Gasteiger partial charge in [0.05, 0.1) is 21.2 Å². The molecule has 33 heavy (non-hydrogen) atoms. The van der Waals surface area contributed by atoms with Gasteiger partial charge in [-0.3, -0.25) is 9.10 Å². The first-order valence-corrected chi connectivity index (χ1v) is 12.0. The summed E-state index contributed by atoms with van der Waals surface area (Å²) >= 11 is 6.12. The molecule has 0 aromatic heterocycles. The fourth-order valence-electron chi connectivity index (χ4n) is 3.63. The zero-order valence-corrected chi connectivity index (χ0v) is 18.9. The molecule has 6 nitrogen and oxygen atoms in total. The molecule has 0 saturated carbocycles. The molecule has 0 radical (unpaired) electrons. The summed E-state index contributed by atoms with van der Waals surface area (Å²) in [5, 5.41) is -0.00720. The van der Waals surface area contributed by atoms with E-state index in [4.69, 9.17) is 16.3 Å². The summed E-state index contributed by atoms with van der Waals surface area (Å²) in [5.41, 5.74) is 1.54. The number of hydrogen-bond acceptors (Lipinski definition) is 5. The van der Waals surface area contributed by atoms with Gasteiger partial charge < -0.3 is 4.74 Å². The summed E-state index contributed by atoms with van der Waals surface area (Å²) < 4.78 is 46.1. The van der Waals surface area contributed by atoms with Gasteiger partial charge in [0.1, 0.15) is 5.82 Å². The van der Waals surface area contributed by atoms with Gasteiger partial charge in [0.25, 0.3) is 10.0 Å². The predicted octanol–water partition coefficient (Wildman–Crippen LogP) is 4.66. The van der Waals surface area contributed by atoms with Gasteiger partial charge in [-0.1, -0.05) is 29.8 Å². The van der Waals surface area contributed by atoms with E-state index in [-0.39, 0.29) is 21.0 Å².